The number of rotatable bonds is 7. The highest BCUT2D eigenvalue weighted by Crippen LogP contribution is 2.28. The summed E-state index contributed by atoms with van der Waals surface area (Å²) >= 11 is 1.38. The van der Waals surface area contributed by atoms with Crippen LogP contribution in [0.3, 0.4) is 0 Å². The smallest absolute Gasteiger partial charge is 0.252 e. The fraction of sp³-hybridized carbons (Fsp3) is 0.692. The van der Waals surface area contributed by atoms with Gasteiger partial charge in [-0.3, -0.25) is 0 Å². The maximum Gasteiger partial charge on any atom is 0.252 e. The van der Waals surface area contributed by atoms with E-state index in [9.17, 15) is 8.42 Å². The lowest BCUT2D eigenvalue weighted by molar-refractivity contribution is 0.115. The van der Waals surface area contributed by atoms with Gasteiger partial charge in [0.15, 0.2) is 0 Å². The molecule has 7 heteroatoms. The van der Waals surface area contributed by atoms with Gasteiger partial charge in [0, 0.05) is 25.1 Å². The van der Waals surface area contributed by atoms with Crippen molar-refractivity contribution in [3.05, 3.63) is 17.0 Å². The predicted molar refractivity (Wildman–Crippen MR) is 80.7 cm³/mol. The van der Waals surface area contributed by atoms with E-state index in [0.717, 1.165) is 30.8 Å². The Bertz CT molecular complexity index is 527. The summed E-state index contributed by atoms with van der Waals surface area (Å²) in [5.41, 5.74) is 0. The van der Waals surface area contributed by atoms with Crippen LogP contribution in [-0.2, 0) is 21.2 Å². The van der Waals surface area contributed by atoms with Crippen LogP contribution >= 0.6 is 11.3 Å². The summed E-state index contributed by atoms with van der Waals surface area (Å²) in [5.74, 6) is 0. The molecule has 5 nitrogen and oxygen atoms in total. The van der Waals surface area contributed by atoms with E-state index >= 15 is 0 Å². The highest BCUT2D eigenvalue weighted by Gasteiger charge is 2.33. The average Bonchev–Trinajstić information content (AvgIpc) is 3.08. The fourth-order valence-corrected chi connectivity index (χ4v) is 5.25. The molecular weight excluding hydrogens is 296 g/mol. The lowest BCUT2D eigenvalue weighted by atomic mass is 10.3. The molecule has 114 valence electrons. The number of nitrogens with zero attached hydrogens (tertiary/aromatic N) is 1. The molecule has 1 N–H and O–H groups in total. The molecule has 0 aliphatic carbocycles. The van der Waals surface area contributed by atoms with Crippen LogP contribution in [0.15, 0.2) is 16.3 Å². The first-order valence-corrected chi connectivity index (χ1v) is 9.16. The summed E-state index contributed by atoms with van der Waals surface area (Å²) in [6.07, 6.45) is 1.67. The third-order valence-corrected chi connectivity index (χ3v) is 6.95. The molecule has 0 spiro atoms. The normalized spacial score (nSPS) is 20.6. The Morgan fingerprint density at radius 3 is 2.95 bits per heavy atom. The van der Waals surface area contributed by atoms with E-state index in [2.05, 4.69) is 12.2 Å². The summed E-state index contributed by atoms with van der Waals surface area (Å²) in [7, 11) is -1.71. The number of sulfonamides is 1. The Hall–Kier alpha value is -0.470. The molecule has 1 aliphatic heterocycles. The quantitative estimate of drug-likeness (QED) is 0.770. The van der Waals surface area contributed by atoms with E-state index in [1.165, 1.54) is 15.6 Å². The predicted octanol–water partition coefficient (Wildman–Crippen LogP) is 1.31. The van der Waals surface area contributed by atoms with Crippen LogP contribution in [0.4, 0.5) is 0 Å². The number of ether oxygens (including phenoxy) is 1. The minimum atomic E-state index is -3.34. The van der Waals surface area contributed by atoms with Crippen molar-refractivity contribution >= 4 is 21.4 Å². The Morgan fingerprint density at radius 2 is 2.30 bits per heavy atom. The van der Waals surface area contributed by atoms with Gasteiger partial charge in [-0.25, -0.2) is 8.42 Å². The summed E-state index contributed by atoms with van der Waals surface area (Å²) in [4.78, 5) is 1.10. The maximum atomic E-state index is 12.5. The van der Waals surface area contributed by atoms with Crippen LogP contribution in [0.25, 0.3) is 0 Å². The zero-order chi connectivity index (χ0) is 14.6. The maximum absolute atomic E-state index is 12.5. The summed E-state index contributed by atoms with van der Waals surface area (Å²) in [6.45, 7) is 4.88. The van der Waals surface area contributed by atoms with Gasteiger partial charge in [-0.15, -0.1) is 11.3 Å². The molecule has 2 heterocycles. The van der Waals surface area contributed by atoms with E-state index in [4.69, 9.17) is 4.74 Å². The fourth-order valence-electron chi connectivity index (χ4n) is 2.26. The minimum Gasteiger partial charge on any atom is -0.380 e. The second-order valence-electron chi connectivity index (χ2n) is 4.83. The van der Waals surface area contributed by atoms with Crippen LogP contribution in [0.5, 0.6) is 0 Å². The van der Waals surface area contributed by atoms with E-state index in [1.807, 2.05) is 6.07 Å². The third kappa shape index (κ3) is 3.59. The third-order valence-electron chi connectivity index (χ3n) is 3.47. The first kappa shape index (κ1) is 15.9. The zero-order valence-corrected chi connectivity index (χ0v) is 13.6. The van der Waals surface area contributed by atoms with E-state index in [1.54, 1.807) is 13.2 Å². The monoisotopic (exact) mass is 318 g/mol. The Balaban J connectivity index is 2.03. The Kier molecular flexibility index (Phi) is 5.57. The summed E-state index contributed by atoms with van der Waals surface area (Å²) in [5, 5.41) is 3.24. The van der Waals surface area contributed by atoms with Crippen molar-refractivity contribution < 1.29 is 13.2 Å². The number of hydrogen-bond donors (Lipinski definition) is 1. The number of hydrogen-bond acceptors (Lipinski definition) is 5. The van der Waals surface area contributed by atoms with Crippen LogP contribution in [-0.4, -0.2) is 52.1 Å². The lowest BCUT2D eigenvalue weighted by Crippen LogP contribution is -2.29. The van der Waals surface area contributed by atoms with Gasteiger partial charge in [0.05, 0.1) is 6.10 Å². The lowest BCUT2D eigenvalue weighted by Gasteiger charge is -2.14. The molecule has 1 aromatic rings. The second-order valence-corrected chi connectivity index (χ2v) is 8.17. The topological polar surface area (TPSA) is 58.6 Å². The number of likely N-dealkylation sites (N-methyl/N-ethyl adjacent to an activating group) is 1. The van der Waals surface area contributed by atoms with Crippen molar-refractivity contribution in [2.45, 2.75) is 30.1 Å². The van der Waals surface area contributed by atoms with Gasteiger partial charge in [0.2, 0.25) is 0 Å². The first-order chi connectivity index (χ1) is 9.57. The molecule has 0 saturated carbocycles. The van der Waals surface area contributed by atoms with Crippen LogP contribution in [0, 0.1) is 0 Å². The molecule has 0 bridgehead atoms. The molecule has 1 unspecified atom stereocenters. The molecule has 1 aromatic heterocycles. The number of nitrogens with one attached hydrogen (secondary N) is 1. The highest BCUT2D eigenvalue weighted by atomic mass is 32.2. The van der Waals surface area contributed by atoms with Crippen LogP contribution < -0.4 is 5.32 Å². The minimum absolute atomic E-state index is 0.0259. The van der Waals surface area contributed by atoms with E-state index in [0.29, 0.717) is 17.3 Å². The molecule has 1 fully saturated rings. The molecule has 0 amide bonds. The summed E-state index contributed by atoms with van der Waals surface area (Å²) < 4.78 is 32.2. The van der Waals surface area contributed by atoms with Crippen molar-refractivity contribution in [3.63, 3.8) is 0 Å². The average molecular weight is 318 g/mol. The standard InChI is InChI=1S/C13H22N2O3S2/c1-3-14-8-6-12-4-5-13(19-12)20(16,17)15-9-7-11(10-15)18-2/h4-5,11,14H,3,6-10H2,1-2H3. The molecular formula is C13H22N2O3S2. The van der Waals surface area contributed by atoms with Crippen molar-refractivity contribution in [3.8, 4) is 0 Å². The van der Waals surface area contributed by atoms with Crippen molar-refractivity contribution in [1.29, 1.82) is 0 Å². The van der Waals surface area contributed by atoms with Gasteiger partial charge in [-0.1, -0.05) is 6.92 Å². The Morgan fingerprint density at radius 1 is 1.50 bits per heavy atom. The van der Waals surface area contributed by atoms with Gasteiger partial charge >= 0.3 is 0 Å². The largest absolute Gasteiger partial charge is 0.380 e. The van der Waals surface area contributed by atoms with Gasteiger partial charge in [0.25, 0.3) is 10.0 Å². The van der Waals surface area contributed by atoms with Crippen LogP contribution in [0.1, 0.15) is 18.2 Å². The van der Waals surface area contributed by atoms with Crippen LogP contribution in [0.2, 0.25) is 0 Å². The molecule has 1 atom stereocenters. The molecule has 1 saturated heterocycles. The van der Waals surface area contributed by atoms with Gasteiger partial charge in [-0.05, 0) is 38.1 Å². The molecule has 0 radical (unpaired) electrons. The molecule has 20 heavy (non-hydrogen) atoms. The van der Waals surface area contributed by atoms with E-state index < -0.39 is 10.0 Å². The number of methoxy groups -OCH3 is 1. The van der Waals surface area contributed by atoms with Crippen molar-refractivity contribution in [1.82, 2.24) is 9.62 Å². The molecule has 0 aromatic carbocycles. The first-order valence-electron chi connectivity index (χ1n) is 6.90. The molecule has 2 rings (SSSR count). The SMILES string of the molecule is CCNCCc1ccc(S(=O)(=O)N2CCC(OC)C2)s1. The van der Waals surface area contributed by atoms with Gasteiger partial charge < -0.3 is 10.1 Å². The number of thiophene rings is 1. The summed E-state index contributed by atoms with van der Waals surface area (Å²) in [6, 6.07) is 3.64. The highest BCUT2D eigenvalue weighted by molar-refractivity contribution is 7.91. The van der Waals surface area contributed by atoms with E-state index in [-0.39, 0.29) is 6.10 Å². The zero-order valence-electron chi connectivity index (χ0n) is 12.0. The molecule has 1 aliphatic rings. The van der Waals surface area contributed by atoms with Gasteiger partial charge in [0.1, 0.15) is 4.21 Å². The Labute approximate surface area is 125 Å². The van der Waals surface area contributed by atoms with Crippen molar-refractivity contribution in [2.24, 2.45) is 0 Å². The van der Waals surface area contributed by atoms with Crippen molar-refractivity contribution in [2.75, 3.05) is 33.3 Å². The second kappa shape index (κ2) is 7.00. The van der Waals surface area contributed by atoms with Gasteiger partial charge in [-0.2, -0.15) is 4.31 Å².